The van der Waals surface area contributed by atoms with Gasteiger partial charge in [0.2, 0.25) is 5.91 Å². The Bertz CT molecular complexity index is 461. The smallest absolute Gasteiger partial charge is 0.246 e. The molecule has 0 aromatic heterocycles. The van der Waals surface area contributed by atoms with Crippen molar-refractivity contribution in [2.45, 2.75) is 25.5 Å². The minimum absolute atomic E-state index is 0.0269. The standard InChI is InChI=1S/C14H19BrN2O2/c1-10(11-4-3-5-12(15)6-11)17-13(18)7-19-14(2)8-16-9-14/h3-6,10,16H,7-9H2,1-2H3,(H,17,18). The minimum atomic E-state index is -0.184. The first kappa shape index (κ1) is 14.5. The molecule has 1 heterocycles. The first-order valence-electron chi connectivity index (χ1n) is 6.38. The molecular weight excluding hydrogens is 308 g/mol. The number of rotatable bonds is 5. The second-order valence-electron chi connectivity index (χ2n) is 5.19. The van der Waals surface area contributed by atoms with Crippen LogP contribution in [0.25, 0.3) is 0 Å². The molecule has 0 bridgehead atoms. The summed E-state index contributed by atoms with van der Waals surface area (Å²) in [6.45, 7) is 5.69. The zero-order valence-corrected chi connectivity index (χ0v) is 12.8. The Morgan fingerprint density at radius 1 is 1.58 bits per heavy atom. The largest absolute Gasteiger partial charge is 0.363 e. The maximum Gasteiger partial charge on any atom is 0.246 e. The van der Waals surface area contributed by atoms with E-state index in [1.54, 1.807) is 0 Å². The molecule has 2 N–H and O–H groups in total. The topological polar surface area (TPSA) is 50.4 Å². The van der Waals surface area contributed by atoms with Crippen molar-refractivity contribution in [2.75, 3.05) is 19.7 Å². The number of carbonyl (C=O) groups is 1. The van der Waals surface area contributed by atoms with E-state index >= 15 is 0 Å². The summed E-state index contributed by atoms with van der Waals surface area (Å²) in [7, 11) is 0. The Labute approximate surface area is 122 Å². The lowest BCUT2D eigenvalue weighted by Gasteiger charge is -2.38. The predicted molar refractivity (Wildman–Crippen MR) is 77.9 cm³/mol. The zero-order valence-electron chi connectivity index (χ0n) is 11.2. The summed E-state index contributed by atoms with van der Waals surface area (Å²) in [5.41, 5.74) is 0.885. The van der Waals surface area contributed by atoms with Crippen LogP contribution < -0.4 is 10.6 Å². The summed E-state index contributed by atoms with van der Waals surface area (Å²) in [5.74, 6) is -0.0828. The third-order valence-electron chi connectivity index (χ3n) is 3.28. The van der Waals surface area contributed by atoms with E-state index in [0.29, 0.717) is 0 Å². The van der Waals surface area contributed by atoms with Gasteiger partial charge in [0.1, 0.15) is 6.61 Å². The predicted octanol–water partition coefficient (Wildman–Crippen LogP) is 2.00. The number of amides is 1. The third-order valence-corrected chi connectivity index (χ3v) is 3.77. The molecule has 1 saturated heterocycles. The lowest BCUT2D eigenvalue weighted by atomic mass is 10.0. The van der Waals surface area contributed by atoms with Crippen LogP contribution in [-0.4, -0.2) is 31.2 Å². The number of hydrogen-bond acceptors (Lipinski definition) is 3. The number of ether oxygens (including phenoxy) is 1. The van der Waals surface area contributed by atoms with Gasteiger partial charge in [-0.15, -0.1) is 0 Å². The van der Waals surface area contributed by atoms with Crippen LogP contribution in [0.2, 0.25) is 0 Å². The average Bonchev–Trinajstić information content (AvgIpc) is 2.34. The van der Waals surface area contributed by atoms with E-state index in [-0.39, 0.29) is 24.2 Å². The fourth-order valence-electron chi connectivity index (χ4n) is 1.96. The Hall–Kier alpha value is -0.910. The molecule has 0 spiro atoms. The van der Waals surface area contributed by atoms with Gasteiger partial charge in [-0.1, -0.05) is 28.1 Å². The lowest BCUT2D eigenvalue weighted by molar-refractivity contribution is -0.136. The molecule has 104 valence electrons. The van der Waals surface area contributed by atoms with E-state index in [9.17, 15) is 4.79 Å². The highest BCUT2D eigenvalue weighted by atomic mass is 79.9. The normalized spacial score (nSPS) is 18.5. The minimum Gasteiger partial charge on any atom is -0.363 e. The van der Waals surface area contributed by atoms with Gasteiger partial charge in [0.15, 0.2) is 0 Å². The average molecular weight is 327 g/mol. The molecule has 4 nitrogen and oxygen atoms in total. The molecule has 19 heavy (non-hydrogen) atoms. The van der Waals surface area contributed by atoms with Crippen LogP contribution in [0.1, 0.15) is 25.5 Å². The van der Waals surface area contributed by atoms with Gasteiger partial charge in [-0.25, -0.2) is 0 Å². The number of benzene rings is 1. The summed E-state index contributed by atoms with van der Waals surface area (Å²) in [6.07, 6.45) is 0. The van der Waals surface area contributed by atoms with Crippen molar-refractivity contribution in [3.8, 4) is 0 Å². The Morgan fingerprint density at radius 2 is 2.32 bits per heavy atom. The first-order valence-corrected chi connectivity index (χ1v) is 7.17. The van der Waals surface area contributed by atoms with Crippen LogP contribution >= 0.6 is 15.9 Å². The number of nitrogens with one attached hydrogen (secondary N) is 2. The summed E-state index contributed by atoms with van der Waals surface area (Å²) in [4.78, 5) is 11.8. The van der Waals surface area contributed by atoms with Gasteiger partial charge in [-0.2, -0.15) is 0 Å². The lowest BCUT2D eigenvalue weighted by Crippen LogP contribution is -2.59. The highest BCUT2D eigenvalue weighted by molar-refractivity contribution is 9.10. The summed E-state index contributed by atoms with van der Waals surface area (Å²) in [6, 6.07) is 7.89. The van der Waals surface area contributed by atoms with Gasteiger partial charge in [0, 0.05) is 17.6 Å². The molecule has 0 aliphatic carbocycles. The molecule has 5 heteroatoms. The number of hydrogen-bond donors (Lipinski definition) is 2. The monoisotopic (exact) mass is 326 g/mol. The summed E-state index contributed by atoms with van der Waals surface area (Å²) < 4.78 is 6.61. The Morgan fingerprint density at radius 3 is 2.89 bits per heavy atom. The fraction of sp³-hybridized carbons (Fsp3) is 0.500. The van der Waals surface area contributed by atoms with Crippen LogP contribution in [0.15, 0.2) is 28.7 Å². The van der Waals surface area contributed by atoms with Gasteiger partial charge in [-0.3, -0.25) is 4.79 Å². The quantitative estimate of drug-likeness (QED) is 0.870. The van der Waals surface area contributed by atoms with Crippen LogP contribution in [0.4, 0.5) is 0 Å². The van der Waals surface area contributed by atoms with Gasteiger partial charge >= 0.3 is 0 Å². The van der Waals surface area contributed by atoms with Gasteiger partial charge in [0.05, 0.1) is 11.6 Å². The molecule has 1 amide bonds. The van der Waals surface area contributed by atoms with Crippen LogP contribution in [0.3, 0.4) is 0 Å². The van der Waals surface area contributed by atoms with Crippen molar-refractivity contribution in [1.82, 2.24) is 10.6 Å². The molecule has 2 rings (SSSR count). The van der Waals surface area contributed by atoms with E-state index in [1.165, 1.54) is 0 Å². The Kier molecular flexibility index (Phi) is 4.60. The van der Waals surface area contributed by atoms with Crippen LogP contribution in [0, 0.1) is 0 Å². The molecule has 1 aliphatic heterocycles. The van der Waals surface area contributed by atoms with Crippen molar-refractivity contribution in [3.05, 3.63) is 34.3 Å². The highest BCUT2D eigenvalue weighted by Crippen LogP contribution is 2.18. The van der Waals surface area contributed by atoms with E-state index in [0.717, 1.165) is 23.1 Å². The second kappa shape index (κ2) is 6.03. The summed E-state index contributed by atoms with van der Waals surface area (Å²) in [5, 5.41) is 6.08. The maximum atomic E-state index is 11.8. The van der Waals surface area contributed by atoms with Crippen molar-refractivity contribution < 1.29 is 9.53 Å². The van der Waals surface area contributed by atoms with Crippen molar-refractivity contribution in [1.29, 1.82) is 0 Å². The van der Waals surface area contributed by atoms with Gasteiger partial charge in [0.25, 0.3) is 0 Å². The molecule has 1 unspecified atom stereocenters. The molecule has 1 aromatic rings. The van der Waals surface area contributed by atoms with Crippen molar-refractivity contribution >= 4 is 21.8 Å². The van der Waals surface area contributed by atoms with Crippen LogP contribution in [0.5, 0.6) is 0 Å². The highest BCUT2D eigenvalue weighted by Gasteiger charge is 2.33. The Balaban J connectivity index is 1.81. The third kappa shape index (κ3) is 4.03. The molecule has 1 aliphatic rings. The molecule has 0 radical (unpaired) electrons. The zero-order chi connectivity index (χ0) is 13.9. The first-order chi connectivity index (χ1) is 8.98. The van der Waals surface area contributed by atoms with Gasteiger partial charge < -0.3 is 15.4 Å². The fourth-order valence-corrected chi connectivity index (χ4v) is 2.38. The van der Waals surface area contributed by atoms with E-state index in [4.69, 9.17) is 4.74 Å². The SMILES string of the molecule is CC(NC(=O)COC1(C)CNC1)c1cccc(Br)c1. The summed E-state index contributed by atoms with van der Waals surface area (Å²) >= 11 is 3.43. The molecule has 0 saturated carbocycles. The van der Waals surface area contributed by atoms with Crippen molar-refractivity contribution in [2.24, 2.45) is 0 Å². The van der Waals surface area contributed by atoms with Crippen molar-refractivity contribution in [3.63, 3.8) is 0 Å². The maximum absolute atomic E-state index is 11.8. The molecule has 1 aromatic carbocycles. The van der Waals surface area contributed by atoms with E-state index < -0.39 is 0 Å². The molecule has 1 fully saturated rings. The molecule has 1 atom stereocenters. The van der Waals surface area contributed by atoms with Gasteiger partial charge in [-0.05, 0) is 31.5 Å². The van der Waals surface area contributed by atoms with Crippen LogP contribution in [-0.2, 0) is 9.53 Å². The number of halogens is 1. The molecular formula is C14H19BrN2O2. The van der Waals surface area contributed by atoms with E-state index in [1.807, 2.05) is 38.1 Å². The second-order valence-corrected chi connectivity index (χ2v) is 6.10. The van der Waals surface area contributed by atoms with E-state index in [2.05, 4.69) is 26.6 Å². The number of carbonyl (C=O) groups excluding carboxylic acids is 1.